The summed E-state index contributed by atoms with van der Waals surface area (Å²) in [5.41, 5.74) is 20.2. The van der Waals surface area contributed by atoms with Gasteiger partial charge in [0, 0.05) is 82.9 Å². The lowest BCUT2D eigenvalue weighted by Gasteiger charge is -2.32. The van der Waals surface area contributed by atoms with Crippen LogP contribution in [0.1, 0.15) is 27.7 Å². The molecular weight excluding hydrogens is 1360 g/mol. The van der Waals surface area contributed by atoms with E-state index in [-0.39, 0.29) is 11.2 Å². The minimum absolute atomic E-state index is 0.384. The molecule has 0 saturated carbocycles. The van der Waals surface area contributed by atoms with Gasteiger partial charge >= 0.3 is 7.12 Å². The van der Waals surface area contributed by atoms with Crippen molar-refractivity contribution in [3.63, 3.8) is 0 Å². The Hall–Kier alpha value is -12.6. The van der Waals surface area contributed by atoms with Crippen LogP contribution in [0.5, 0.6) is 0 Å². The molecule has 0 atom stereocenters. The minimum Gasteiger partial charge on any atom is -0.399 e. The van der Waals surface area contributed by atoms with Crippen LogP contribution in [0.3, 0.4) is 0 Å². The maximum Gasteiger partial charge on any atom is 0.495 e. The number of benzene rings is 12. The zero-order valence-corrected chi connectivity index (χ0v) is 60.3. The Morgan fingerprint density at radius 2 is 0.594 bits per heavy atom. The van der Waals surface area contributed by atoms with Crippen LogP contribution in [-0.4, -0.2) is 58.2 Å². The van der Waals surface area contributed by atoms with Crippen LogP contribution < -0.4 is 5.46 Å². The van der Waals surface area contributed by atoms with E-state index in [4.69, 9.17) is 39.2 Å². The molecule has 12 heteroatoms. The van der Waals surface area contributed by atoms with Gasteiger partial charge < -0.3 is 9.31 Å². The smallest absolute Gasteiger partial charge is 0.399 e. The predicted octanol–water partition coefficient (Wildman–Crippen LogP) is 23.2. The highest BCUT2D eigenvalue weighted by Gasteiger charge is 2.52. The zero-order chi connectivity index (χ0) is 71.7. The van der Waals surface area contributed by atoms with E-state index in [9.17, 15) is 0 Å². The zero-order valence-electron chi connectivity index (χ0n) is 58.7. The van der Waals surface area contributed by atoms with E-state index < -0.39 is 7.12 Å². The highest BCUT2D eigenvalue weighted by atomic mass is 79.9. The Morgan fingerprint density at radius 1 is 0.264 bits per heavy atom. The fourth-order valence-corrected chi connectivity index (χ4v) is 14.1. The van der Waals surface area contributed by atoms with Crippen LogP contribution in [0.2, 0.25) is 0 Å². The van der Waals surface area contributed by atoms with E-state index >= 15 is 0 Å². The summed E-state index contributed by atoms with van der Waals surface area (Å²) in [4.78, 5) is 39.1. The number of rotatable bonds is 10. The van der Waals surface area contributed by atoms with Gasteiger partial charge in [-0.15, -0.1) is 0 Å². The SMILES string of the molecule is Brc1ccc(-c2nc(-c3ccccc3)cc(-c3ccccc3)n2)cc1.CC1(C)OB(c2ccc(-c3ccc4ccc5cccnc5c4n3)c3ccccc23)OC1(C)C.c1ccc(-c2cc(-c3ccccc3)nc(-c3ccc(-c4ccc(-c5ccc6ccc7cccnc7c6n5)c5ccccc45)cc3)n2)cc1. The first-order chi connectivity index (χ1) is 51.9. The van der Waals surface area contributed by atoms with Gasteiger partial charge in [0.15, 0.2) is 11.6 Å². The molecule has 0 amide bonds. The molecule has 0 unspecified atom stereocenters. The average Bonchev–Trinajstić information content (AvgIpc) is 1.71. The first-order valence-electron chi connectivity index (χ1n) is 35.5. The Bertz CT molecular complexity index is 6160. The summed E-state index contributed by atoms with van der Waals surface area (Å²) < 4.78 is 13.8. The molecule has 6 aromatic heterocycles. The average molecular weight is 1430 g/mol. The van der Waals surface area contributed by atoms with Gasteiger partial charge in [0.1, 0.15) is 0 Å². The molecule has 1 aliphatic rings. The maximum atomic E-state index is 6.36. The van der Waals surface area contributed by atoms with Crippen LogP contribution in [0.25, 0.3) is 167 Å². The number of pyridine rings is 4. The second-order valence-electron chi connectivity index (χ2n) is 27.3. The molecule has 18 aromatic rings. The topological polar surface area (TPSA) is 122 Å². The van der Waals surface area contributed by atoms with Crippen molar-refractivity contribution in [1.29, 1.82) is 0 Å². The van der Waals surface area contributed by atoms with Gasteiger partial charge in [0.2, 0.25) is 0 Å². The van der Waals surface area contributed by atoms with E-state index in [0.717, 1.165) is 165 Å². The van der Waals surface area contributed by atoms with Gasteiger partial charge in [-0.1, -0.05) is 295 Å². The first kappa shape index (κ1) is 66.7. The maximum absolute atomic E-state index is 6.36. The lowest BCUT2D eigenvalue weighted by atomic mass is 9.75. The van der Waals surface area contributed by atoms with Crippen molar-refractivity contribution in [2.75, 3.05) is 0 Å². The van der Waals surface area contributed by atoms with Crippen molar-refractivity contribution >= 4 is 93.7 Å². The second kappa shape index (κ2) is 28.6. The molecule has 7 heterocycles. The monoisotopic (exact) mass is 1430 g/mol. The van der Waals surface area contributed by atoms with E-state index in [1.165, 1.54) is 5.39 Å². The highest BCUT2D eigenvalue weighted by Crippen LogP contribution is 2.41. The number of nitrogens with zero attached hydrogens (tertiary/aromatic N) is 8. The second-order valence-corrected chi connectivity index (χ2v) is 28.2. The first-order valence-corrected chi connectivity index (χ1v) is 36.3. The van der Waals surface area contributed by atoms with E-state index in [0.29, 0.717) is 5.82 Å². The van der Waals surface area contributed by atoms with Crippen LogP contribution in [0.4, 0.5) is 0 Å². The fourth-order valence-electron chi connectivity index (χ4n) is 13.8. The number of halogens is 1. The molecule has 1 aliphatic heterocycles. The molecule has 106 heavy (non-hydrogen) atoms. The lowest BCUT2D eigenvalue weighted by molar-refractivity contribution is 0.00578. The molecular formula is C94H68BBrN8O2. The molecule has 506 valence electrons. The number of aromatic nitrogens is 8. The summed E-state index contributed by atoms with van der Waals surface area (Å²) in [7, 11) is -0.411. The molecule has 0 N–H and O–H groups in total. The minimum atomic E-state index is -0.411. The summed E-state index contributed by atoms with van der Waals surface area (Å²) in [6.07, 6.45) is 3.66. The molecule has 10 nitrogen and oxygen atoms in total. The standard InChI is InChI=1S/C44H28N4.C28H25BN2O2.C22H15BrN2/c1-3-10-30(11-4-1)40-28-41(31-12-5-2-6-13-31)48-44(47-40)34-21-17-29(18-22-34)35-24-25-38(37-16-8-7-15-36(35)37)39-26-23-33-20-19-32-14-9-27-45-42(32)43(33)46-39;1-27(2)28(3,4)33-29(32-27)23-15-14-22(20-9-5-6-10-21(20)23)24-16-13-19-12-11-18-8-7-17-30-25(18)26(19)31-24;23-19-13-11-18(12-14-19)22-24-20(16-7-3-1-4-8-16)15-21(25-22)17-9-5-2-6-10-17/h1-28H;5-17H,1-4H3;1-15H. The molecule has 19 rings (SSSR count). The van der Waals surface area contributed by atoms with Crippen LogP contribution >= 0.6 is 15.9 Å². The molecule has 0 radical (unpaired) electrons. The Morgan fingerprint density at radius 3 is 1.02 bits per heavy atom. The van der Waals surface area contributed by atoms with Crippen LogP contribution in [-0.2, 0) is 9.31 Å². The predicted molar refractivity (Wildman–Crippen MR) is 439 cm³/mol. The summed E-state index contributed by atoms with van der Waals surface area (Å²) in [6.45, 7) is 8.34. The van der Waals surface area contributed by atoms with E-state index in [1.807, 2.05) is 128 Å². The Kier molecular flexibility index (Phi) is 18.0. The Balaban J connectivity index is 0.000000124. The van der Waals surface area contributed by atoms with E-state index in [1.54, 1.807) is 0 Å². The normalized spacial score (nSPS) is 13.0. The molecule has 1 saturated heterocycles. The van der Waals surface area contributed by atoms with Gasteiger partial charge in [-0.3, -0.25) is 9.97 Å². The summed E-state index contributed by atoms with van der Waals surface area (Å²) in [5, 5.41) is 8.93. The fraction of sp³-hybridized carbons (Fsp3) is 0.0638. The third-order valence-electron chi connectivity index (χ3n) is 20.1. The van der Waals surface area contributed by atoms with Crippen LogP contribution in [0.15, 0.2) is 344 Å². The quantitative estimate of drug-likeness (QED) is 0.0966. The molecule has 0 spiro atoms. The summed E-state index contributed by atoms with van der Waals surface area (Å²) >= 11 is 3.48. The van der Waals surface area contributed by atoms with Gasteiger partial charge in [-0.25, -0.2) is 29.9 Å². The van der Waals surface area contributed by atoms with Gasteiger partial charge in [0.05, 0.1) is 67.4 Å². The number of hydrogen-bond donors (Lipinski definition) is 0. The van der Waals surface area contributed by atoms with Crippen molar-refractivity contribution < 1.29 is 9.31 Å². The molecule has 0 bridgehead atoms. The highest BCUT2D eigenvalue weighted by molar-refractivity contribution is 9.10. The third-order valence-corrected chi connectivity index (χ3v) is 20.6. The van der Waals surface area contributed by atoms with Crippen molar-refractivity contribution in [2.24, 2.45) is 0 Å². The van der Waals surface area contributed by atoms with Gasteiger partial charge in [-0.05, 0) is 114 Å². The molecule has 0 aliphatic carbocycles. The number of hydrogen-bond acceptors (Lipinski definition) is 10. The molecule has 1 fully saturated rings. The molecule has 12 aromatic carbocycles. The Labute approximate surface area is 623 Å². The van der Waals surface area contributed by atoms with Crippen molar-refractivity contribution in [3.8, 4) is 101 Å². The van der Waals surface area contributed by atoms with Crippen molar-refractivity contribution in [2.45, 2.75) is 38.9 Å². The van der Waals surface area contributed by atoms with Gasteiger partial charge in [0.25, 0.3) is 0 Å². The number of fused-ring (bicyclic) bond motifs is 8. The van der Waals surface area contributed by atoms with Gasteiger partial charge in [-0.2, -0.15) is 0 Å². The van der Waals surface area contributed by atoms with E-state index in [2.05, 4.69) is 266 Å². The third kappa shape index (κ3) is 13.4. The summed E-state index contributed by atoms with van der Waals surface area (Å²) in [5.74, 6) is 1.43. The largest absolute Gasteiger partial charge is 0.495 e. The van der Waals surface area contributed by atoms with Crippen LogP contribution in [0, 0.1) is 0 Å². The lowest BCUT2D eigenvalue weighted by Crippen LogP contribution is -2.41. The summed E-state index contributed by atoms with van der Waals surface area (Å²) in [6, 6.07) is 112. The van der Waals surface area contributed by atoms with Crippen molar-refractivity contribution in [1.82, 2.24) is 39.9 Å². The van der Waals surface area contributed by atoms with Crippen molar-refractivity contribution in [3.05, 3.63) is 344 Å².